The normalized spacial score (nSPS) is 10.7. The number of hydrogen-bond acceptors (Lipinski definition) is 6. The minimum atomic E-state index is -0.399. The maximum atomic E-state index is 11.3. The first-order valence-corrected chi connectivity index (χ1v) is 7.53. The molecule has 0 radical (unpaired) electrons. The number of methoxy groups -OCH3 is 2. The molecule has 1 aromatic carbocycles. The summed E-state index contributed by atoms with van der Waals surface area (Å²) in [5, 5.41) is 11.3. The molecule has 2 aromatic rings. The van der Waals surface area contributed by atoms with Gasteiger partial charge in [0.15, 0.2) is 11.5 Å². The summed E-state index contributed by atoms with van der Waals surface area (Å²) >= 11 is 0. The molecule has 0 atom stereocenters. The van der Waals surface area contributed by atoms with Gasteiger partial charge in [0, 0.05) is 37.0 Å². The molecular weight excluding hydrogens is 310 g/mol. The van der Waals surface area contributed by atoms with Crippen LogP contribution in [0.4, 0.5) is 5.69 Å². The Morgan fingerprint density at radius 1 is 1.21 bits per heavy atom. The van der Waals surface area contributed by atoms with Gasteiger partial charge in [-0.05, 0) is 25.2 Å². The van der Waals surface area contributed by atoms with E-state index in [1.807, 2.05) is 30.1 Å². The lowest BCUT2D eigenvalue weighted by Gasteiger charge is -2.17. The van der Waals surface area contributed by atoms with E-state index >= 15 is 0 Å². The molecule has 0 saturated carbocycles. The first-order chi connectivity index (χ1) is 11.5. The molecule has 0 saturated heterocycles. The Kier molecular flexibility index (Phi) is 6.08. The molecule has 24 heavy (non-hydrogen) atoms. The molecule has 0 aliphatic heterocycles. The molecule has 0 amide bonds. The van der Waals surface area contributed by atoms with Gasteiger partial charge in [-0.3, -0.25) is 15.1 Å². The fourth-order valence-electron chi connectivity index (χ4n) is 2.43. The molecule has 0 unspecified atom stereocenters. The van der Waals surface area contributed by atoms with Gasteiger partial charge in [0.25, 0.3) is 5.69 Å². The number of pyridine rings is 1. The number of benzene rings is 1. The highest BCUT2D eigenvalue weighted by Gasteiger charge is 2.20. The van der Waals surface area contributed by atoms with Crippen LogP contribution in [-0.2, 0) is 13.0 Å². The van der Waals surface area contributed by atoms with Crippen molar-refractivity contribution in [3.63, 3.8) is 0 Å². The van der Waals surface area contributed by atoms with Crippen LogP contribution >= 0.6 is 0 Å². The Labute approximate surface area is 141 Å². The Balaban J connectivity index is 2.13. The van der Waals surface area contributed by atoms with Crippen molar-refractivity contribution in [2.75, 3.05) is 27.8 Å². The zero-order chi connectivity index (χ0) is 17.5. The second-order valence-corrected chi connectivity index (χ2v) is 5.40. The Morgan fingerprint density at radius 2 is 1.92 bits per heavy atom. The highest BCUT2D eigenvalue weighted by Crippen LogP contribution is 2.34. The van der Waals surface area contributed by atoms with E-state index in [1.54, 1.807) is 12.3 Å². The fraction of sp³-hybridized carbons (Fsp3) is 0.353. The van der Waals surface area contributed by atoms with Gasteiger partial charge in [-0.1, -0.05) is 6.07 Å². The number of nitro benzene ring substituents is 1. The highest BCUT2D eigenvalue weighted by molar-refractivity contribution is 5.54. The fourth-order valence-corrected chi connectivity index (χ4v) is 2.43. The average molecular weight is 331 g/mol. The van der Waals surface area contributed by atoms with E-state index in [-0.39, 0.29) is 5.69 Å². The van der Waals surface area contributed by atoms with E-state index in [0.29, 0.717) is 23.6 Å². The molecule has 7 nitrogen and oxygen atoms in total. The predicted octanol–water partition coefficient (Wildman–Crippen LogP) is 2.68. The summed E-state index contributed by atoms with van der Waals surface area (Å²) in [5.41, 5.74) is 1.60. The smallest absolute Gasteiger partial charge is 0.277 e. The monoisotopic (exact) mass is 331 g/mol. The van der Waals surface area contributed by atoms with Crippen molar-refractivity contribution < 1.29 is 14.4 Å². The van der Waals surface area contributed by atoms with Crippen LogP contribution in [0, 0.1) is 10.1 Å². The van der Waals surface area contributed by atoms with Crippen molar-refractivity contribution in [2.24, 2.45) is 0 Å². The SMILES string of the molecule is COc1cc(CN(C)CCc2ccccn2)c([N+](=O)[O-])cc1OC. The van der Waals surface area contributed by atoms with Crippen molar-refractivity contribution in [1.82, 2.24) is 9.88 Å². The van der Waals surface area contributed by atoms with Crippen molar-refractivity contribution in [2.45, 2.75) is 13.0 Å². The minimum Gasteiger partial charge on any atom is -0.493 e. The van der Waals surface area contributed by atoms with E-state index in [2.05, 4.69) is 4.98 Å². The van der Waals surface area contributed by atoms with E-state index < -0.39 is 4.92 Å². The van der Waals surface area contributed by atoms with Crippen LogP contribution in [0.1, 0.15) is 11.3 Å². The second kappa shape index (κ2) is 8.26. The maximum absolute atomic E-state index is 11.3. The standard InChI is InChI=1S/C17H21N3O4/c1-19(9-7-14-6-4-5-8-18-14)12-13-10-16(23-2)17(24-3)11-15(13)20(21)22/h4-6,8,10-11H,7,9,12H2,1-3H3. The lowest BCUT2D eigenvalue weighted by Crippen LogP contribution is -2.21. The topological polar surface area (TPSA) is 77.7 Å². The lowest BCUT2D eigenvalue weighted by molar-refractivity contribution is -0.385. The number of rotatable bonds is 8. The molecule has 0 aliphatic carbocycles. The Bertz CT molecular complexity index is 692. The van der Waals surface area contributed by atoms with Crippen LogP contribution in [0.3, 0.4) is 0 Å². The highest BCUT2D eigenvalue weighted by atomic mass is 16.6. The maximum Gasteiger partial charge on any atom is 0.277 e. The molecular formula is C17H21N3O4. The van der Waals surface area contributed by atoms with Crippen LogP contribution < -0.4 is 9.47 Å². The molecule has 1 heterocycles. The van der Waals surface area contributed by atoms with Crippen molar-refractivity contribution in [1.29, 1.82) is 0 Å². The van der Waals surface area contributed by atoms with Gasteiger partial charge in [0.2, 0.25) is 0 Å². The largest absolute Gasteiger partial charge is 0.493 e. The molecule has 7 heteroatoms. The Hall–Kier alpha value is -2.67. The van der Waals surface area contributed by atoms with Gasteiger partial charge in [-0.25, -0.2) is 0 Å². The van der Waals surface area contributed by atoms with E-state index in [1.165, 1.54) is 20.3 Å². The summed E-state index contributed by atoms with van der Waals surface area (Å²) in [6.45, 7) is 1.17. The van der Waals surface area contributed by atoms with Gasteiger partial charge >= 0.3 is 0 Å². The zero-order valence-electron chi connectivity index (χ0n) is 14.1. The predicted molar refractivity (Wildman–Crippen MR) is 90.5 cm³/mol. The first kappa shape index (κ1) is 17.7. The van der Waals surface area contributed by atoms with Crippen LogP contribution in [0.25, 0.3) is 0 Å². The minimum absolute atomic E-state index is 0.0253. The van der Waals surface area contributed by atoms with Crippen LogP contribution in [0.5, 0.6) is 11.5 Å². The van der Waals surface area contributed by atoms with Crippen molar-refractivity contribution in [3.8, 4) is 11.5 Å². The van der Waals surface area contributed by atoms with Gasteiger partial charge in [-0.2, -0.15) is 0 Å². The molecule has 0 N–H and O–H groups in total. The summed E-state index contributed by atoms with van der Waals surface area (Å²) in [7, 11) is 4.89. The van der Waals surface area contributed by atoms with Crippen molar-refractivity contribution in [3.05, 3.63) is 57.9 Å². The van der Waals surface area contributed by atoms with Gasteiger partial charge in [0.05, 0.1) is 25.2 Å². The van der Waals surface area contributed by atoms with Gasteiger partial charge in [-0.15, -0.1) is 0 Å². The number of aromatic nitrogens is 1. The third-order valence-electron chi connectivity index (χ3n) is 3.70. The molecule has 128 valence electrons. The van der Waals surface area contributed by atoms with Crippen molar-refractivity contribution >= 4 is 5.69 Å². The number of nitrogens with zero attached hydrogens (tertiary/aromatic N) is 3. The van der Waals surface area contributed by atoms with Crippen LogP contribution in [0.2, 0.25) is 0 Å². The zero-order valence-corrected chi connectivity index (χ0v) is 14.1. The third kappa shape index (κ3) is 4.42. The van der Waals surface area contributed by atoms with Crippen LogP contribution in [-0.4, -0.2) is 42.6 Å². The van der Waals surface area contributed by atoms with Crippen LogP contribution in [0.15, 0.2) is 36.5 Å². The molecule has 0 spiro atoms. The molecule has 1 aromatic heterocycles. The molecule has 0 bridgehead atoms. The Morgan fingerprint density at radius 3 is 2.50 bits per heavy atom. The lowest BCUT2D eigenvalue weighted by atomic mass is 10.1. The quantitative estimate of drug-likeness (QED) is 0.547. The average Bonchev–Trinajstić information content (AvgIpc) is 2.60. The second-order valence-electron chi connectivity index (χ2n) is 5.40. The summed E-state index contributed by atoms with van der Waals surface area (Å²) < 4.78 is 10.4. The number of likely N-dealkylation sites (N-methyl/N-ethyl adjacent to an activating group) is 1. The number of ether oxygens (including phenoxy) is 2. The number of nitro groups is 1. The van der Waals surface area contributed by atoms with Gasteiger partial charge < -0.3 is 14.4 Å². The molecule has 0 aliphatic rings. The van der Waals surface area contributed by atoms with E-state index in [9.17, 15) is 10.1 Å². The molecule has 2 rings (SSSR count). The summed E-state index contributed by atoms with van der Waals surface area (Å²) in [5.74, 6) is 0.834. The van der Waals surface area contributed by atoms with E-state index in [4.69, 9.17) is 9.47 Å². The van der Waals surface area contributed by atoms with E-state index in [0.717, 1.165) is 18.7 Å². The summed E-state index contributed by atoms with van der Waals surface area (Å²) in [6.07, 6.45) is 2.53. The first-order valence-electron chi connectivity index (χ1n) is 7.53. The third-order valence-corrected chi connectivity index (χ3v) is 3.70. The summed E-state index contributed by atoms with van der Waals surface area (Å²) in [4.78, 5) is 17.2. The summed E-state index contributed by atoms with van der Waals surface area (Å²) in [6, 6.07) is 8.85. The van der Waals surface area contributed by atoms with Gasteiger partial charge in [0.1, 0.15) is 0 Å². The molecule has 0 fully saturated rings. The number of hydrogen-bond donors (Lipinski definition) is 0.